The fourth-order valence-electron chi connectivity index (χ4n) is 2.97. The van der Waals surface area contributed by atoms with Gasteiger partial charge in [-0.1, -0.05) is 6.07 Å². The maximum Gasteiger partial charge on any atom is 0.335 e. The second-order valence-electron chi connectivity index (χ2n) is 6.38. The number of nitrogens with zero attached hydrogens (tertiary/aromatic N) is 2. The molecule has 2 aromatic carbocycles. The predicted octanol–water partition coefficient (Wildman–Crippen LogP) is 5.02. The number of ether oxygens (including phenoxy) is 2. The highest BCUT2D eigenvalue weighted by Crippen LogP contribution is 2.38. The summed E-state index contributed by atoms with van der Waals surface area (Å²) in [5.41, 5.74) is 1.44. The van der Waals surface area contributed by atoms with Gasteiger partial charge in [-0.25, -0.2) is 9.79 Å². The Balaban J connectivity index is 1.97. The summed E-state index contributed by atoms with van der Waals surface area (Å²) in [5, 5.41) is 9.70. The second-order valence-corrected chi connectivity index (χ2v) is 8.55. The van der Waals surface area contributed by atoms with E-state index in [1.165, 1.54) is 23.9 Å². The lowest BCUT2D eigenvalue weighted by Crippen LogP contribution is -2.28. The molecule has 1 fully saturated rings. The lowest BCUT2D eigenvalue weighted by Gasteiger charge is -2.12. The first kappa shape index (κ1) is 23.1. The number of carbonyl (C=O) groups excluding carboxylic acids is 1. The summed E-state index contributed by atoms with van der Waals surface area (Å²) in [4.78, 5) is 30.8. The van der Waals surface area contributed by atoms with Crippen LogP contribution in [-0.2, 0) is 4.79 Å². The molecule has 9 heteroatoms. The molecule has 0 saturated carbocycles. The molecule has 7 nitrogen and oxygen atoms in total. The van der Waals surface area contributed by atoms with Gasteiger partial charge in [0, 0.05) is 6.54 Å². The third-order valence-corrected chi connectivity index (χ3v) is 6.16. The minimum absolute atomic E-state index is 0.145. The number of halogens is 1. The van der Waals surface area contributed by atoms with Crippen molar-refractivity contribution in [2.45, 2.75) is 13.8 Å². The van der Waals surface area contributed by atoms with Gasteiger partial charge in [-0.3, -0.25) is 9.69 Å². The van der Waals surface area contributed by atoms with Gasteiger partial charge in [-0.2, -0.15) is 0 Å². The molecular formula is C22H21IN2O5S. The van der Waals surface area contributed by atoms with Crippen molar-refractivity contribution in [3.8, 4) is 11.5 Å². The molecule has 0 spiro atoms. The minimum Gasteiger partial charge on any atom is -0.492 e. The first-order valence-electron chi connectivity index (χ1n) is 9.51. The molecule has 1 aliphatic heterocycles. The Morgan fingerprint density at radius 3 is 2.71 bits per heavy atom. The normalized spacial score (nSPS) is 16.3. The molecule has 1 aliphatic rings. The number of amides is 1. The summed E-state index contributed by atoms with van der Waals surface area (Å²) in [7, 11) is 1.59. The zero-order valence-electron chi connectivity index (χ0n) is 17.2. The van der Waals surface area contributed by atoms with Crippen molar-refractivity contribution in [3.63, 3.8) is 0 Å². The molecule has 0 aromatic heterocycles. The Kier molecular flexibility index (Phi) is 7.60. The van der Waals surface area contributed by atoms with Gasteiger partial charge in [-0.05, 0) is 90.2 Å². The van der Waals surface area contributed by atoms with Crippen molar-refractivity contribution < 1.29 is 24.2 Å². The van der Waals surface area contributed by atoms with E-state index in [0.717, 1.165) is 9.13 Å². The molecule has 0 bridgehead atoms. The zero-order chi connectivity index (χ0) is 22.5. The molecule has 0 radical (unpaired) electrons. The van der Waals surface area contributed by atoms with Crippen LogP contribution in [0.4, 0.5) is 5.69 Å². The smallest absolute Gasteiger partial charge is 0.335 e. The number of hydrogen-bond acceptors (Lipinski definition) is 6. The zero-order valence-corrected chi connectivity index (χ0v) is 20.2. The van der Waals surface area contributed by atoms with Crippen molar-refractivity contribution in [1.82, 2.24) is 4.90 Å². The van der Waals surface area contributed by atoms with Crippen LogP contribution in [0.25, 0.3) is 6.08 Å². The second kappa shape index (κ2) is 10.2. The molecular weight excluding hydrogens is 531 g/mol. The van der Waals surface area contributed by atoms with E-state index in [9.17, 15) is 14.7 Å². The highest BCUT2D eigenvalue weighted by Gasteiger charge is 2.32. The SMILES string of the molecule is CCOc1cc(/C=C2/SC(=Nc3cccc(C(=O)O)c3)N(CC)C2=O)cc(I)c1OC. The first-order valence-corrected chi connectivity index (χ1v) is 11.4. The molecule has 3 rings (SSSR count). The Hall–Kier alpha value is -2.53. The third kappa shape index (κ3) is 5.21. The highest BCUT2D eigenvalue weighted by atomic mass is 127. The van der Waals surface area contributed by atoms with Crippen LogP contribution in [0, 0.1) is 3.57 Å². The summed E-state index contributed by atoms with van der Waals surface area (Å²) in [6.07, 6.45) is 1.80. The Morgan fingerprint density at radius 1 is 1.29 bits per heavy atom. The van der Waals surface area contributed by atoms with Gasteiger partial charge < -0.3 is 14.6 Å². The molecule has 1 N–H and O–H groups in total. The van der Waals surface area contributed by atoms with Gasteiger partial charge in [0.25, 0.3) is 5.91 Å². The molecule has 162 valence electrons. The maximum atomic E-state index is 12.9. The van der Waals surface area contributed by atoms with Crippen molar-refractivity contribution in [1.29, 1.82) is 0 Å². The summed E-state index contributed by atoms with van der Waals surface area (Å²) >= 11 is 3.43. The number of rotatable bonds is 7. The van der Waals surface area contributed by atoms with Crippen molar-refractivity contribution in [3.05, 3.63) is 56.0 Å². The van der Waals surface area contributed by atoms with Crippen LogP contribution in [-0.4, -0.2) is 47.3 Å². The average Bonchev–Trinajstić information content (AvgIpc) is 3.02. The number of thioether (sulfide) groups is 1. The number of hydrogen-bond donors (Lipinski definition) is 1. The number of carbonyl (C=O) groups is 2. The van der Waals surface area contributed by atoms with Crippen molar-refractivity contribution >= 4 is 63.2 Å². The first-order chi connectivity index (χ1) is 14.9. The molecule has 1 heterocycles. The average molecular weight is 552 g/mol. The molecule has 0 atom stereocenters. The van der Waals surface area contributed by atoms with Gasteiger partial charge in [0.05, 0.1) is 33.4 Å². The van der Waals surface area contributed by atoms with Crippen LogP contribution in [0.5, 0.6) is 11.5 Å². The number of aromatic carboxylic acids is 1. The van der Waals surface area contributed by atoms with E-state index in [1.807, 2.05) is 26.0 Å². The Morgan fingerprint density at radius 2 is 2.06 bits per heavy atom. The Labute approximate surface area is 198 Å². The van der Waals surface area contributed by atoms with E-state index in [0.29, 0.717) is 40.4 Å². The van der Waals surface area contributed by atoms with Crippen LogP contribution in [0.2, 0.25) is 0 Å². The molecule has 1 saturated heterocycles. The van der Waals surface area contributed by atoms with Crippen LogP contribution in [0.1, 0.15) is 29.8 Å². The van der Waals surface area contributed by atoms with Gasteiger partial charge in [0.15, 0.2) is 16.7 Å². The lowest BCUT2D eigenvalue weighted by atomic mass is 10.2. The van der Waals surface area contributed by atoms with Gasteiger partial charge in [0.1, 0.15) is 0 Å². The lowest BCUT2D eigenvalue weighted by molar-refractivity contribution is -0.122. The topological polar surface area (TPSA) is 88.4 Å². The number of methoxy groups -OCH3 is 1. The number of likely N-dealkylation sites (N-methyl/N-ethyl adjacent to an activating group) is 1. The summed E-state index contributed by atoms with van der Waals surface area (Å²) < 4.78 is 12.0. The number of amidine groups is 1. The van der Waals surface area contributed by atoms with Crippen molar-refractivity contribution in [2.75, 3.05) is 20.3 Å². The number of carboxylic acids is 1. The fourth-order valence-corrected chi connectivity index (χ4v) is 4.88. The minimum atomic E-state index is -1.02. The monoisotopic (exact) mass is 552 g/mol. The maximum absolute atomic E-state index is 12.9. The van der Waals surface area contributed by atoms with Gasteiger partial charge in [0.2, 0.25) is 0 Å². The molecule has 0 unspecified atom stereocenters. The van der Waals surface area contributed by atoms with Crippen LogP contribution >= 0.6 is 34.4 Å². The van der Waals surface area contributed by atoms with E-state index in [-0.39, 0.29) is 11.5 Å². The third-order valence-electron chi connectivity index (χ3n) is 4.36. The summed E-state index contributed by atoms with van der Waals surface area (Å²) in [6.45, 7) is 4.71. The van der Waals surface area contributed by atoms with Crippen LogP contribution in [0.3, 0.4) is 0 Å². The van der Waals surface area contributed by atoms with Gasteiger partial charge in [-0.15, -0.1) is 0 Å². The van der Waals surface area contributed by atoms with Crippen LogP contribution < -0.4 is 9.47 Å². The largest absolute Gasteiger partial charge is 0.492 e. The fraction of sp³-hybridized carbons (Fsp3) is 0.227. The van der Waals surface area contributed by atoms with E-state index >= 15 is 0 Å². The van der Waals surface area contributed by atoms with Crippen LogP contribution in [0.15, 0.2) is 46.3 Å². The number of carboxylic acid groups (broad SMARTS) is 1. The summed E-state index contributed by atoms with van der Waals surface area (Å²) in [6, 6.07) is 10.1. The van der Waals surface area contributed by atoms with Crippen molar-refractivity contribution in [2.24, 2.45) is 4.99 Å². The van der Waals surface area contributed by atoms with E-state index in [4.69, 9.17) is 9.47 Å². The van der Waals surface area contributed by atoms with E-state index < -0.39 is 5.97 Å². The Bertz CT molecular complexity index is 1080. The number of benzene rings is 2. The molecule has 0 aliphatic carbocycles. The molecule has 2 aromatic rings. The van der Waals surface area contributed by atoms with E-state index in [1.54, 1.807) is 30.2 Å². The highest BCUT2D eigenvalue weighted by molar-refractivity contribution is 14.1. The quantitative estimate of drug-likeness (QED) is 0.384. The molecule has 31 heavy (non-hydrogen) atoms. The van der Waals surface area contributed by atoms with E-state index in [2.05, 4.69) is 27.6 Å². The summed E-state index contributed by atoms with van der Waals surface area (Å²) in [5.74, 6) is 0.102. The molecule has 1 amide bonds. The number of aliphatic imine (C=N–C) groups is 1. The predicted molar refractivity (Wildman–Crippen MR) is 130 cm³/mol. The standard InChI is InChI=1S/C22H21IN2O5S/c1-4-25-20(26)18(11-13-9-16(23)19(29-3)17(10-13)30-5-2)31-22(25)24-15-8-6-7-14(12-15)21(27)28/h6-12H,4-5H2,1-3H3,(H,27,28)/b18-11+,24-22?. The van der Waals surface area contributed by atoms with Gasteiger partial charge >= 0.3 is 5.97 Å².